The topological polar surface area (TPSA) is 52.3 Å². The van der Waals surface area contributed by atoms with Crippen LogP contribution in [-0.2, 0) is 9.53 Å². The molecule has 76 valence electrons. The summed E-state index contributed by atoms with van der Waals surface area (Å²) >= 11 is 0. The summed E-state index contributed by atoms with van der Waals surface area (Å²) in [6.45, 7) is 0. The molecule has 0 radical (unpaired) electrons. The molecule has 1 atom stereocenters. The first-order chi connectivity index (χ1) is 5.94. The third-order valence-corrected chi connectivity index (χ3v) is 2.27. The lowest BCUT2D eigenvalue weighted by Crippen LogP contribution is -2.41. The molecule has 0 aromatic rings. The minimum Gasteiger partial charge on any atom is -0.468 e. The van der Waals surface area contributed by atoms with E-state index in [1.165, 1.54) is 7.11 Å². The highest BCUT2D eigenvalue weighted by atomic mass is 19.3. The number of ether oxygens (including phenoxy) is 1. The Balaban J connectivity index is 2.24. The second-order valence-corrected chi connectivity index (χ2v) is 3.50. The minimum absolute atomic E-state index is 0.135. The second kappa shape index (κ2) is 3.57. The molecule has 5 heteroatoms. The van der Waals surface area contributed by atoms with Gasteiger partial charge < -0.3 is 10.5 Å². The molecule has 0 aromatic carbocycles. The first-order valence-electron chi connectivity index (χ1n) is 4.16. The molecule has 0 aliphatic heterocycles. The van der Waals surface area contributed by atoms with E-state index in [2.05, 4.69) is 4.74 Å². The highest BCUT2D eigenvalue weighted by Crippen LogP contribution is 2.44. The van der Waals surface area contributed by atoms with Crippen molar-refractivity contribution in [3.63, 3.8) is 0 Å². The number of hydrogen-bond donors (Lipinski definition) is 1. The average molecular weight is 193 g/mol. The predicted molar refractivity (Wildman–Crippen MR) is 42.3 cm³/mol. The van der Waals surface area contributed by atoms with E-state index in [4.69, 9.17) is 5.73 Å². The number of alkyl halides is 2. The van der Waals surface area contributed by atoms with Crippen molar-refractivity contribution in [3.05, 3.63) is 0 Å². The van der Waals surface area contributed by atoms with E-state index in [-0.39, 0.29) is 18.8 Å². The normalized spacial score (nSPS) is 23.4. The molecule has 1 aliphatic carbocycles. The maximum Gasteiger partial charge on any atom is 0.322 e. The molecule has 1 fully saturated rings. The van der Waals surface area contributed by atoms with Crippen molar-refractivity contribution >= 4 is 5.97 Å². The van der Waals surface area contributed by atoms with Crippen LogP contribution in [0.5, 0.6) is 0 Å². The summed E-state index contributed by atoms with van der Waals surface area (Å²) in [5.74, 6) is -3.21. The van der Waals surface area contributed by atoms with E-state index in [0.29, 0.717) is 6.42 Å². The van der Waals surface area contributed by atoms with Crippen molar-refractivity contribution < 1.29 is 18.3 Å². The van der Waals surface area contributed by atoms with Gasteiger partial charge in [-0.05, 0) is 12.3 Å². The molecule has 1 aliphatic rings. The summed E-state index contributed by atoms with van der Waals surface area (Å²) in [4.78, 5) is 10.8. The highest BCUT2D eigenvalue weighted by molar-refractivity contribution is 5.75. The Morgan fingerprint density at radius 3 is 2.62 bits per heavy atom. The monoisotopic (exact) mass is 193 g/mol. The third-order valence-electron chi connectivity index (χ3n) is 2.27. The van der Waals surface area contributed by atoms with Gasteiger partial charge in [-0.3, -0.25) is 4.79 Å². The van der Waals surface area contributed by atoms with Gasteiger partial charge in [0.15, 0.2) is 0 Å². The van der Waals surface area contributed by atoms with Crippen molar-refractivity contribution in [2.75, 3.05) is 7.11 Å². The number of carbonyl (C=O) groups is 1. The molecule has 1 unspecified atom stereocenters. The van der Waals surface area contributed by atoms with E-state index in [1.807, 2.05) is 0 Å². The molecule has 0 saturated heterocycles. The first-order valence-corrected chi connectivity index (χ1v) is 4.16. The van der Waals surface area contributed by atoms with Gasteiger partial charge in [-0.15, -0.1) is 0 Å². The Labute approximate surface area is 75.2 Å². The Hall–Kier alpha value is -0.710. The Bertz CT molecular complexity index is 200. The SMILES string of the molecule is COC(=O)C(N)CC1CC(F)(F)C1. The van der Waals surface area contributed by atoms with Crippen LogP contribution >= 0.6 is 0 Å². The average Bonchev–Trinajstić information content (AvgIpc) is 1.99. The van der Waals surface area contributed by atoms with Crippen molar-refractivity contribution in [1.82, 2.24) is 0 Å². The lowest BCUT2D eigenvalue weighted by molar-refractivity contribution is -0.146. The fourth-order valence-electron chi connectivity index (χ4n) is 1.56. The summed E-state index contributed by atoms with van der Waals surface area (Å²) in [5.41, 5.74) is 5.41. The number of hydrogen-bond acceptors (Lipinski definition) is 3. The molecule has 13 heavy (non-hydrogen) atoms. The van der Waals surface area contributed by atoms with Crippen molar-refractivity contribution in [3.8, 4) is 0 Å². The Morgan fingerprint density at radius 2 is 2.23 bits per heavy atom. The van der Waals surface area contributed by atoms with E-state index in [0.717, 1.165) is 0 Å². The van der Waals surface area contributed by atoms with Crippen molar-refractivity contribution in [1.29, 1.82) is 0 Å². The molecule has 1 saturated carbocycles. The van der Waals surface area contributed by atoms with Gasteiger partial charge >= 0.3 is 5.97 Å². The van der Waals surface area contributed by atoms with Gasteiger partial charge in [0.2, 0.25) is 5.92 Å². The molecule has 1 rings (SSSR count). The van der Waals surface area contributed by atoms with Crippen molar-refractivity contribution in [2.24, 2.45) is 11.7 Å². The summed E-state index contributed by atoms with van der Waals surface area (Å²) in [6, 6.07) is -0.758. The van der Waals surface area contributed by atoms with Gasteiger partial charge in [-0.2, -0.15) is 0 Å². The van der Waals surface area contributed by atoms with E-state index >= 15 is 0 Å². The summed E-state index contributed by atoms with van der Waals surface area (Å²) in [7, 11) is 1.23. The largest absolute Gasteiger partial charge is 0.468 e. The van der Waals surface area contributed by atoms with Gasteiger partial charge in [-0.25, -0.2) is 8.78 Å². The maximum absolute atomic E-state index is 12.4. The zero-order valence-electron chi connectivity index (χ0n) is 7.43. The minimum atomic E-state index is -2.54. The number of nitrogens with two attached hydrogens (primary N) is 1. The highest BCUT2D eigenvalue weighted by Gasteiger charge is 2.45. The van der Waals surface area contributed by atoms with Crippen LogP contribution in [-0.4, -0.2) is 25.0 Å². The van der Waals surface area contributed by atoms with Crippen LogP contribution in [0.25, 0.3) is 0 Å². The Kier molecular flexibility index (Phi) is 2.85. The van der Waals surface area contributed by atoms with E-state index in [1.54, 1.807) is 0 Å². The molecular formula is C8H13F2NO2. The summed E-state index contributed by atoms with van der Waals surface area (Å²) in [5, 5.41) is 0. The maximum atomic E-state index is 12.4. The molecular weight excluding hydrogens is 180 g/mol. The third kappa shape index (κ3) is 2.62. The van der Waals surface area contributed by atoms with Gasteiger partial charge in [-0.1, -0.05) is 0 Å². The zero-order valence-corrected chi connectivity index (χ0v) is 7.43. The van der Waals surface area contributed by atoms with Gasteiger partial charge in [0.25, 0.3) is 0 Å². The first kappa shape index (κ1) is 10.4. The number of esters is 1. The molecule has 0 amide bonds. The lowest BCUT2D eigenvalue weighted by atomic mass is 9.77. The molecule has 0 bridgehead atoms. The van der Waals surface area contributed by atoms with Crippen molar-refractivity contribution in [2.45, 2.75) is 31.2 Å². The van der Waals surface area contributed by atoms with Crippen LogP contribution in [0, 0.1) is 5.92 Å². The predicted octanol–water partition coefficient (Wildman–Crippen LogP) is 0.922. The summed E-state index contributed by atoms with van der Waals surface area (Å²) < 4.78 is 29.1. The smallest absolute Gasteiger partial charge is 0.322 e. The fourth-order valence-corrected chi connectivity index (χ4v) is 1.56. The number of rotatable bonds is 3. The standard InChI is InChI=1S/C8H13F2NO2/c1-13-7(12)6(11)2-5-3-8(9,10)4-5/h5-6H,2-4,11H2,1H3. The van der Waals surface area contributed by atoms with Gasteiger partial charge in [0.05, 0.1) is 7.11 Å². The van der Waals surface area contributed by atoms with Gasteiger partial charge in [0.1, 0.15) is 6.04 Å². The number of halogens is 2. The van der Waals surface area contributed by atoms with E-state index in [9.17, 15) is 13.6 Å². The quantitative estimate of drug-likeness (QED) is 0.678. The number of methoxy groups -OCH3 is 1. The van der Waals surface area contributed by atoms with E-state index < -0.39 is 17.9 Å². The second-order valence-electron chi connectivity index (χ2n) is 3.50. The van der Waals surface area contributed by atoms with Crippen LogP contribution < -0.4 is 5.73 Å². The molecule has 3 nitrogen and oxygen atoms in total. The molecule has 0 aromatic heterocycles. The number of carbonyl (C=O) groups excluding carboxylic acids is 1. The van der Waals surface area contributed by atoms with Crippen LogP contribution in [0.4, 0.5) is 8.78 Å². The summed E-state index contributed by atoms with van der Waals surface area (Å²) in [6.07, 6.45) is -0.0162. The Morgan fingerprint density at radius 1 is 1.69 bits per heavy atom. The van der Waals surface area contributed by atoms with Crippen LogP contribution in [0.3, 0.4) is 0 Å². The molecule has 2 N–H and O–H groups in total. The lowest BCUT2D eigenvalue weighted by Gasteiger charge is -2.35. The van der Waals surface area contributed by atoms with Crippen LogP contribution in [0.15, 0.2) is 0 Å². The zero-order chi connectivity index (χ0) is 10.1. The molecule has 0 heterocycles. The fraction of sp³-hybridized carbons (Fsp3) is 0.875. The molecule has 0 spiro atoms. The van der Waals surface area contributed by atoms with Crippen LogP contribution in [0.1, 0.15) is 19.3 Å². The van der Waals surface area contributed by atoms with Gasteiger partial charge in [0, 0.05) is 12.8 Å². The van der Waals surface area contributed by atoms with Crippen LogP contribution in [0.2, 0.25) is 0 Å².